The van der Waals surface area contributed by atoms with Crippen LogP contribution in [0.4, 0.5) is 11.8 Å². The Labute approximate surface area is 156 Å². The van der Waals surface area contributed by atoms with Gasteiger partial charge in [0.05, 0.1) is 6.26 Å². The lowest BCUT2D eigenvalue weighted by molar-refractivity contribution is 0.573. The number of furan rings is 1. The van der Waals surface area contributed by atoms with Crippen LogP contribution in [0.1, 0.15) is 5.56 Å². The van der Waals surface area contributed by atoms with E-state index in [4.69, 9.17) is 10.2 Å². The van der Waals surface area contributed by atoms with Crippen LogP contribution in [0, 0.1) is 0 Å². The van der Waals surface area contributed by atoms with Gasteiger partial charge in [0, 0.05) is 13.1 Å². The van der Waals surface area contributed by atoms with Crippen molar-refractivity contribution in [2.24, 2.45) is 0 Å². The molecule has 0 saturated carbocycles. The molecule has 0 aliphatic heterocycles. The first-order valence-corrected chi connectivity index (χ1v) is 8.72. The summed E-state index contributed by atoms with van der Waals surface area (Å²) in [6.45, 7) is 5.06. The highest BCUT2D eigenvalue weighted by Crippen LogP contribution is 2.27. The maximum Gasteiger partial charge on any atom is 0.226 e. The van der Waals surface area contributed by atoms with Crippen molar-refractivity contribution in [3.05, 3.63) is 66.9 Å². The van der Waals surface area contributed by atoms with Crippen LogP contribution in [0.5, 0.6) is 0 Å². The number of aromatic nitrogens is 4. The minimum Gasteiger partial charge on any atom is -0.461 e. The quantitative estimate of drug-likeness (QED) is 0.490. The predicted molar refractivity (Wildman–Crippen MR) is 106 cm³/mol. The third-order valence-electron chi connectivity index (χ3n) is 4.21. The lowest BCUT2D eigenvalue weighted by atomic mass is 10.1. The van der Waals surface area contributed by atoms with Crippen LogP contribution in [0.3, 0.4) is 0 Å². The van der Waals surface area contributed by atoms with Gasteiger partial charge in [0.1, 0.15) is 0 Å². The molecule has 0 bridgehead atoms. The van der Waals surface area contributed by atoms with E-state index in [1.807, 2.05) is 34.9 Å². The van der Waals surface area contributed by atoms with Crippen molar-refractivity contribution >= 4 is 22.9 Å². The van der Waals surface area contributed by atoms with Crippen molar-refractivity contribution < 1.29 is 4.42 Å². The molecular weight excluding hydrogens is 340 g/mol. The van der Waals surface area contributed by atoms with Gasteiger partial charge in [-0.15, -0.1) is 6.58 Å². The van der Waals surface area contributed by atoms with E-state index in [-0.39, 0.29) is 0 Å². The molecule has 3 heterocycles. The Morgan fingerprint density at radius 1 is 1.11 bits per heavy atom. The van der Waals surface area contributed by atoms with E-state index in [1.54, 1.807) is 12.3 Å². The summed E-state index contributed by atoms with van der Waals surface area (Å²) in [5, 5.41) is 3.25. The van der Waals surface area contributed by atoms with Gasteiger partial charge in [-0.25, -0.2) is 4.98 Å². The second-order valence-corrected chi connectivity index (χ2v) is 6.08. The largest absolute Gasteiger partial charge is 0.461 e. The lowest BCUT2D eigenvalue weighted by Gasteiger charge is -2.07. The number of anilines is 2. The maximum absolute atomic E-state index is 6.15. The van der Waals surface area contributed by atoms with Crippen molar-refractivity contribution in [2.45, 2.75) is 13.0 Å². The van der Waals surface area contributed by atoms with Crippen LogP contribution in [-0.4, -0.2) is 26.1 Å². The molecular formula is C20H20N6O. The summed E-state index contributed by atoms with van der Waals surface area (Å²) in [6, 6.07) is 13.9. The summed E-state index contributed by atoms with van der Waals surface area (Å²) >= 11 is 0. The molecule has 0 atom stereocenters. The number of nitrogens with zero attached hydrogens (tertiary/aromatic N) is 4. The molecule has 0 aliphatic carbocycles. The topological polar surface area (TPSA) is 94.8 Å². The van der Waals surface area contributed by atoms with Crippen LogP contribution in [0.25, 0.3) is 22.7 Å². The standard InChI is InChI=1S/C20H20N6O/c1-2-12-26-18(15-9-6-13-27-15)23-16-17(21)24-20(25-19(16)26)22-11-10-14-7-4-3-5-8-14/h2-9,13H,1,10-12H2,(H3,21,22,24,25). The normalized spacial score (nSPS) is 11.0. The summed E-state index contributed by atoms with van der Waals surface area (Å²) in [5.41, 5.74) is 8.60. The van der Waals surface area contributed by atoms with Crippen LogP contribution in [-0.2, 0) is 13.0 Å². The number of hydrogen-bond donors (Lipinski definition) is 2. The van der Waals surface area contributed by atoms with Gasteiger partial charge in [0.25, 0.3) is 0 Å². The molecule has 1 aromatic carbocycles. The van der Waals surface area contributed by atoms with Crippen molar-refractivity contribution in [1.82, 2.24) is 19.5 Å². The summed E-state index contributed by atoms with van der Waals surface area (Å²) in [5.74, 6) is 2.11. The highest BCUT2D eigenvalue weighted by Gasteiger charge is 2.18. The van der Waals surface area contributed by atoms with Crippen LogP contribution < -0.4 is 11.1 Å². The van der Waals surface area contributed by atoms with Crippen molar-refractivity contribution in [2.75, 3.05) is 17.6 Å². The average Bonchev–Trinajstić information content (AvgIpc) is 3.32. The van der Waals surface area contributed by atoms with E-state index in [2.05, 4.69) is 39.0 Å². The Hall–Kier alpha value is -3.61. The van der Waals surface area contributed by atoms with Gasteiger partial charge in [-0.3, -0.25) is 0 Å². The number of nitrogens with two attached hydrogens (primary N) is 1. The zero-order valence-corrected chi connectivity index (χ0v) is 14.8. The Morgan fingerprint density at radius 2 is 1.96 bits per heavy atom. The summed E-state index contributed by atoms with van der Waals surface area (Å²) in [4.78, 5) is 13.6. The molecule has 27 heavy (non-hydrogen) atoms. The molecule has 0 spiro atoms. The van der Waals surface area contributed by atoms with Crippen molar-refractivity contribution in [3.63, 3.8) is 0 Å². The minimum absolute atomic E-state index is 0.331. The predicted octanol–water partition coefficient (Wildman–Crippen LogP) is 3.51. The van der Waals surface area contributed by atoms with E-state index in [9.17, 15) is 0 Å². The fraction of sp³-hybridized carbons (Fsp3) is 0.150. The van der Waals surface area contributed by atoms with E-state index in [1.165, 1.54) is 5.56 Å². The second-order valence-electron chi connectivity index (χ2n) is 6.08. The number of nitrogen functional groups attached to an aromatic ring is 1. The van der Waals surface area contributed by atoms with Crippen molar-refractivity contribution in [1.29, 1.82) is 0 Å². The van der Waals surface area contributed by atoms with Gasteiger partial charge in [0.15, 0.2) is 28.6 Å². The molecule has 7 nitrogen and oxygen atoms in total. The van der Waals surface area contributed by atoms with E-state index in [0.717, 1.165) is 6.42 Å². The average molecular weight is 360 g/mol. The Morgan fingerprint density at radius 3 is 2.70 bits per heavy atom. The summed E-state index contributed by atoms with van der Waals surface area (Å²) in [7, 11) is 0. The molecule has 4 aromatic rings. The fourth-order valence-electron chi connectivity index (χ4n) is 2.96. The zero-order chi connectivity index (χ0) is 18.6. The van der Waals surface area contributed by atoms with Crippen LogP contribution in [0.15, 0.2) is 65.8 Å². The number of fused-ring (bicyclic) bond motifs is 1. The monoisotopic (exact) mass is 360 g/mol. The molecule has 136 valence electrons. The van der Waals surface area contributed by atoms with Gasteiger partial charge >= 0.3 is 0 Å². The highest BCUT2D eigenvalue weighted by atomic mass is 16.3. The third kappa shape index (κ3) is 3.39. The van der Waals surface area contributed by atoms with E-state index < -0.39 is 0 Å². The summed E-state index contributed by atoms with van der Waals surface area (Å²) in [6.07, 6.45) is 4.26. The molecule has 3 aromatic heterocycles. The maximum atomic E-state index is 6.15. The molecule has 0 radical (unpaired) electrons. The number of benzene rings is 1. The number of allylic oxidation sites excluding steroid dienone is 1. The van der Waals surface area contributed by atoms with Crippen molar-refractivity contribution in [3.8, 4) is 11.6 Å². The van der Waals surface area contributed by atoms with Gasteiger partial charge in [0.2, 0.25) is 5.95 Å². The first-order chi connectivity index (χ1) is 13.3. The van der Waals surface area contributed by atoms with Gasteiger partial charge in [-0.05, 0) is 24.1 Å². The number of nitrogens with one attached hydrogen (secondary N) is 1. The SMILES string of the molecule is C=CCn1c(-c2ccco2)nc2c(N)nc(NCCc3ccccc3)nc21. The third-order valence-corrected chi connectivity index (χ3v) is 4.21. The van der Waals surface area contributed by atoms with Gasteiger partial charge in [-0.2, -0.15) is 9.97 Å². The van der Waals surface area contributed by atoms with E-state index >= 15 is 0 Å². The smallest absolute Gasteiger partial charge is 0.226 e. The Kier molecular flexibility index (Phi) is 4.57. The van der Waals surface area contributed by atoms with Crippen LogP contribution in [0.2, 0.25) is 0 Å². The number of hydrogen-bond acceptors (Lipinski definition) is 6. The molecule has 0 unspecified atom stereocenters. The lowest BCUT2D eigenvalue weighted by Crippen LogP contribution is -2.10. The summed E-state index contributed by atoms with van der Waals surface area (Å²) < 4.78 is 7.42. The van der Waals surface area contributed by atoms with Crippen LogP contribution >= 0.6 is 0 Å². The van der Waals surface area contributed by atoms with Gasteiger partial charge in [-0.1, -0.05) is 36.4 Å². The highest BCUT2D eigenvalue weighted by molar-refractivity contribution is 5.86. The first-order valence-electron chi connectivity index (χ1n) is 8.72. The molecule has 7 heteroatoms. The zero-order valence-electron chi connectivity index (χ0n) is 14.8. The molecule has 4 rings (SSSR count). The minimum atomic E-state index is 0.331. The molecule has 0 aliphatic rings. The Bertz CT molecular complexity index is 1050. The first kappa shape index (κ1) is 16.8. The fourth-order valence-corrected chi connectivity index (χ4v) is 2.96. The second kappa shape index (κ2) is 7.33. The molecule has 0 saturated heterocycles. The number of imidazole rings is 1. The Balaban J connectivity index is 1.65. The van der Waals surface area contributed by atoms with Gasteiger partial charge < -0.3 is 20.0 Å². The number of rotatable bonds is 7. The molecule has 3 N–H and O–H groups in total. The molecule has 0 fully saturated rings. The van der Waals surface area contributed by atoms with E-state index in [0.29, 0.717) is 47.6 Å². The molecule has 0 amide bonds.